The van der Waals surface area contributed by atoms with E-state index in [4.69, 9.17) is 16.6 Å². The van der Waals surface area contributed by atoms with Crippen molar-refractivity contribution in [2.24, 2.45) is 0 Å². The Balaban J connectivity index is 1.45. The number of carbonyl (C=O) groups excluding carboxylic acids is 1. The summed E-state index contributed by atoms with van der Waals surface area (Å²) < 4.78 is 40.3. The molecule has 35 heavy (non-hydrogen) atoms. The third-order valence-corrected chi connectivity index (χ3v) is 6.95. The van der Waals surface area contributed by atoms with E-state index in [1.807, 2.05) is 17.0 Å². The number of nitrogens with zero attached hydrogens (tertiary/aromatic N) is 5. The normalized spacial score (nSPS) is 19.5. The minimum atomic E-state index is -2.63. The van der Waals surface area contributed by atoms with Gasteiger partial charge in [-0.3, -0.25) is 4.79 Å². The number of anilines is 3. The van der Waals surface area contributed by atoms with Gasteiger partial charge in [0.2, 0.25) is 12.3 Å². The van der Waals surface area contributed by atoms with Crippen LogP contribution in [0.5, 0.6) is 0 Å². The first-order valence-corrected chi connectivity index (χ1v) is 11.6. The Bertz CT molecular complexity index is 1310. The van der Waals surface area contributed by atoms with Gasteiger partial charge in [-0.25, -0.2) is 28.1 Å². The summed E-state index contributed by atoms with van der Waals surface area (Å²) in [5.41, 5.74) is 1.01. The van der Waals surface area contributed by atoms with Crippen LogP contribution in [0, 0.1) is 5.82 Å². The number of benzene rings is 1. The zero-order valence-corrected chi connectivity index (χ0v) is 19.4. The molecule has 0 aliphatic carbocycles. The summed E-state index contributed by atoms with van der Waals surface area (Å²) in [5.74, 6) is 0.0691. The molecule has 3 aliphatic heterocycles. The number of aromatic nitrogens is 3. The molecular formula is C24H22ClF3N6O. The number of rotatable bonds is 6. The molecule has 3 saturated heterocycles. The van der Waals surface area contributed by atoms with Crippen LogP contribution in [0.4, 0.5) is 30.5 Å². The van der Waals surface area contributed by atoms with Crippen molar-refractivity contribution in [2.45, 2.75) is 37.8 Å². The number of nitrogens with one attached hydrogen (secondary N) is 1. The van der Waals surface area contributed by atoms with Crippen molar-refractivity contribution in [1.29, 1.82) is 0 Å². The van der Waals surface area contributed by atoms with Crippen LogP contribution >= 0.6 is 11.6 Å². The molecule has 2 atom stereocenters. The number of hydrogen-bond donors (Lipinski definition) is 1. The van der Waals surface area contributed by atoms with Crippen LogP contribution in [0.3, 0.4) is 0 Å². The van der Waals surface area contributed by atoms with Gasteiger partial charge in [-0.05, 0) is 42.7 Å². The highest BCUT2D eigenvalue weighted by molar-refractivity contribution is 6.31. The summed E-state index contributed by atoms with van der Waals surface area (Å²) in [6, 6.07) is 6.60. The molecule has 3 aromatic rings. The van der Waals surface area contributed by atoms with E-state index in [0.717, 1.165) is 12.8 Å². The molecule has 7 nitrogen and oxygen atoms in total. The first kappa shape index (κ1) is 23.3. The maximum Gasteiger partial charge on any atom is 0.246 e. The van der Waals surface area contributed by atoms with Gasteiger partial charge in [-0.15, -0.1) is 0 Å². The second-order valence-electron chi connectivity index (χ2n) is 8.61. The molecule has 1 unspecified atom stereocenters. The van der Waals surface area contributed by atoms with E-state index >= 15 is 0 Å². The van der Waals surface area contributed by atoms with Crippen LogP contribution in [0.25, 0.3) is 11.0 Å². The fourth-order valence-electron chi connectivity index (χ4n) is 4.81. The number of piperazine rings is 1. The minimum Gasteiger partial charge on any atom is -0.350 e. The second kappa shape index (κ2) is 9.33. The number of piperidine rings is 2. The molecule has 3 fully saturated rings. The number of alkyl halides is 2. The molecule has 6 rings (SSSR count). The molecule has 2 bridgehead atoms. The Morgan fingerprint density at radius 3 is 2.71 bits per heavy atom. The molecule has 0 saturated carbocycles. The standard InChI is InChI=1S/C24H22ClF3N6O/c1-2-20(35)34-11-14-4-5-15(34)10-33(14)19-8-7-17-23(32-19)24(30-12-29-17)31-16-6-3-13(9-18(26)27)21(25)22(16)28/h2-3,6-8,12,14-15,18H,1,4-5,9-11H2,(H,29,30,31)/t14?,15-/m1/s1. The van der Waals surface area contributed by atoms with Crippen molar-refractivity contribution in [1.82, 2.24) is 19.9 Å². The molecule has 0 radical (unpaired) electrons. The first-order chi connectivity index (χ1) is 16.9. The quantitative estimate of drug-likeness (QED) is 0.491. The van der Waals surface area contributed by atoms with Gasteiger partial charge < -0.3 is 15.1 Å². The number of carbonyl (C=O) groups is 1. The summed E-state index contributed by atoms with van der Waals surface area (Å²) >= 11 is 6.00. The molecule has 1 aromatic carbocycles. The molecule has 182 valence electrons. The lowest BCUT2D eigenvalue weighted by Crippen LogP contribution is -2.64. The van der Waals surface area contributed by atoms with Crippen LogP contribution in [0.1, 0.15) is 18.4 Å². The Morgan fingerprint density at radius 1 is 1.20 bits per heavy atom. The summed E-state index contributed by atoms with van der Waals surface area (Å²) in [6.07, 6.45) is 1.28. The molecule has 1 N–H and O–H groups in total. The smallest absolute Gasteiger partial charge is 0.246 e. The van der Waals surface area contributed by atoms with Crippen LogP contribution in [-0.2, 0) is 11.2 Å². The van der Waals surface area contributed by atoms with Crippen molar-refractivity contribution in [3.05, 3.63) is 59.7 Å². The molecule has 2 aromatic heterocycles. The summed E-state index contributed by atoms with van der Waals surface area (Å²) in [5, 5.41) is 2.53. The highest BCUT2D eigenvalue weighted by Gasteiger charge is 2.41. The lowest BCUT2D eigenvalue weighted by Gasteiger charge is -2.51. The SMILES string of the molecule is C=CC(=O)N1CC2CC[C@@H]1CN2c1ccc2ncnc(Nc3ccc(CC(F)F)c(Cl)c3F)c2n1. The lowest BCUT2D eigenvalue weighted by atomic mass is 9.90. The van der Waals surface area contributed by atoms with Gasteiger partial charge in [0, 0.05) is 31.6 Å². The van der Waals surface area contributed by atoms with E-state index in [0.29, 0.717) is 29.9 Å². The summed E-state index contributed by atoms with van der Waals surface area (Å²) in [6.45, 7) is 4.84. The van der Waals surface area contributed by atoms with E-state index < -0.39 is 18.7 Å². The molecule has 1 amide bonds. The van der Waals surface area contributed by atoms with Crippen LogP contribution < -0.4 is 10.2 Å². The highest BCUT2D eigenvalue weighted by Crippen LogP contribution is 2.34. The Labute approximate surface area is 204 Å². The van der Waals surface area contributed by atoms with Crippen molar-refractivity contribution in [2.75, 3.05) is 23.3 Å². The maximum absolute atomic E-state index is 14.9. The minimum absolute atomic E-state index is 0.00386. The van der Waals surface area contributed by atoms with E-state index in [2.05, 4.69) is 26.8 Å². The van der Waals surface area contributed by atoms with Crippen LogP contribution in [0.2, 0.25) is 5.02 Å². The van der Waals surface area contributed by atoms with Gasteiger partial charge in [0.15, 0.2) is 11.6 Å². The monoisotopic (exact) mass is 502 g/mol. The summed E-state index contributed by atoms with van der Waals surface area (Å²) in [4.78, 5) is 29.5. The zero-order chi connectivity index (χ0) is 24.7. The Morgan fingerprint density at radius 2 is 2.00 bits per heavy atom. The van der Waals surface area contributed by atoms with Gasteiger partial charge in [0.05, 0.1) is 16.2 Å². The Hall–Kier alpha value is -3.40. The van der Waals surface area contributed by atoms with Gasteiger partial charge in [0.1, 0.15) is 17.7 Å². The summed E-state index contributed by atoms with van der Waals surface area (Å²) in [7, 11) is 0. The van der Waals surface area contributed by atoms with Gasteiger partial charge in [-0.2, -0.15) is 0 Å². The highest BCUT2D eigenvalue weighted by atomic mass is 35.5. The third kappa shape index (κ3) is 4.38. The van der Waals surface area contributed by atoms with Gasteiger partial charge in [-0.1, -0.05) is 24.2 Å². The van der Waals surface area contributed by atoms with E-state index in [1.165, 1.54) is 24.5 Å². The van der Waals surface area contributed by atoms with Crippen LogP contribution in [-0.4, -0.2) is 57.4 Å². The number of halogens is 4. The first-order valence-electron chi connectivity index (χ1n) is 11.2. The van der Waals surface area contributed by atoms with Crippen molar-refractivity contribution < 1.29 is 18.0 Å². The second-order valence-corrected chi connectivity index (χ2v) is 8.99. The van der Waals surface area contributed by atoms with Crippen LogP contribution in [0.15, 0.2) is 43.2 Å². The number of amides is 1. The van der Waals surface area contributed by atoms with E-state index in [9.17, 15) is 18.0 Å². The van der Waals surface area contributed by atoms with E-state index in [-0.39, 0.29) is 40.1 Å². The third-order valence-electron chi connectivity index (χ3n) is 6.54. The average molecular weight is 503 g/mol. The average Bonchev–Trinajstić information content (AvgIpc) is 2.87. The molecule has 0 spiro atoms. The maximum atomic E-state index is 14.9. The largest absolute Gasteiger partial charge is 0.350 e. The van der Waals surface area contributed by atoms with Crippen molar-refractivity contribution in [3.8, 4) is 0 Å². The van der Waals surface area contributed by atoms with Crippen molar-refractivity contribution >= 4 is 45.9 Å². The predicted octanol–water partition coefficient (Wildman–Crippen LogP) is 4.73. The number of pyridine rings is 1. The molecule has 5 heterocycles. The van der Waals surface area contributed by atoms with Gasteiger partial charge >= 0.3 is 0 Å². The predicted molar refractivity (Wildman–Crippen MR) is 128 cm³/mol. The fourth-order valence-corrected chi connectivity index (χ4v) is 5.06. The van der Waals surface area contributed by atoms with E-state index in [1.54, 1.807) is 0 Å². The fraction of sp³-hybridized carbons (Fsp3) is 0.333. The molecular weight excluding hydrogens is 481 g/mol. The zero-order valence-electron chi connectivity index (χ0n) is 18.6. The Kier molecular flexibility index (Phi) is 6.22. The lowest BCUT2D eigenvalue weighted by molar-refractivity contribution is -0.131. The molecule has 3 aliphatic rings. The number of hydrogen-bond acceptors (Lipinski definition) is 6. The molecule has 11 heteroatoms. The number of fused-ring (bicyclic) bond motifs is 4. The topological polar surface area (TPSA) is 74.2 Å². The van der Waals surface area contributed by atoms with Gasteiger partial charge in [0.25, 0.3) is 0 Å². The van der Waals surface area contributed by atoms with Crippen molar-refractivity contribution in [3.63, 3.8) is 0 Å².